The topological polar surface area (TPSA) is 114 Å². The minimum Gasteiger partial charge on any atom is -0.445 e. The van der Waals surface area contributed by atoms with Crippen molar-refractivity contribution in [2.75, 3.05) is 17.5 Å². The normalized spacial score (nSPS) is 18.1. The SMILES string of the molecule is CNC(=O)c1cc(Cl)ccc1NS(=O)(=O)C[C@@H]1CC[C@H](NC(=O)OCc2ccccc2)C1. The second-order valence-electron chi connectivity index (χ2n) is 7.73. The maximum absolute atomic E-state index is 12.7. The van der Waals surface area contributed by atoms with E-state index in [1.54, 1.807) is 0 Å². The maximum atomic E-state index is 12.7. The van der Waals surface area contributed by atoms with Crippen LogP contribution in [0, 0.1) is 5.92 Å². The van der Waals surface area contributed by atoms with Gasteiger partial charge in [-0.25, -0.2) is 13.2 Å². The zero-order valence-corrected chi connectivity index (χ0v) is 19.2. The zero-order chi connectivity index (χ0) is 23.1. The van der Waals surface area contributed by atoms with Crippen LogP contribution in [0.4, 0.5) is 10.5 Å². The third kappa shape index (κ3) is 6.86. The minimum atomic E-state index is -3.71. The van der Waals surface area contributed by atoms with Gasteiger partial charge in [-0.3, -0.25) is 9.52 Å². The van der Waals surface area contributed by atoms with Crippen molar-refractivity contribution < 1.29 is 22.7 Å². The Morgan fingerprint density at radius 1 is 1.12 bits per heavy atom. The van der Waals surface area contributed by atoms with Crippen molar-refractivity contribution in [1.82, 2.24) is 10.6 Å². The number of carbonyl (C=O) groups excluding carboxylic acids is 2. The van der Waals surface area contributed by atoms with E-state index in [0.717, 1.165) is 5.56 Å². The summed E-state index contributed by atoms with van der Waals surface area (Å²) in [7, 11) is -2.25. The van der Waals surface area contributed by atoms with Gasteiger partial charge >= 0.3 is 6.09 Å². The Morgan fingerprint density at radius 3 is 2.59 bits per heavy atom. The standard InChI is InChI=1S/C22H26ClN3O5S/c1-24-21(27)19-12-17(23)8-10-20(19)26-32(29,30)14-16-7-9-18(11-16)25-22(28)31-13-15-5-3-2-4-6-15/h2-6,8,10,12,16,18,26H,7,9,11,13-14H2,1H3,(H,24,27)(H,25,28)/t16-,18+/m1/s1. The van der Waals surface area contributed by atoms with Crippen LogP contribution in [-0.2, 0) is 21.4 Å². The number of amides is 2. The van der Waals surface area contributed by atoms with Crippen molar-refractivity contribution >= 4 is 39.3 Å². The summed E-state index contributed by atoms with van der Waals surface area (Å²) >= 11 is 5.94. The van der Waals surface area contributed by atoms with Gasteiger partial charge in [0.15, 0.2) is 0 Å². The van der Waals surface area contributed by atoms with Gasteiger partial charge in [0, 0.05) is 18.1 Å². The molecule has 0 saturated heterocycles. The van der Waals surface area contributed by atoms with Gasteiger partial charge in [-0.05, 0) is 48.9 Å². The smallest absolute Gasteiger partial charge is 0.407 e. The van der Waals surface area contributed by atoms with E-state index >= 15 is 0 Å². The molecule has 2 atom stereocenters. The van der Waals surface area contributed by atoms with Crippen molar-refractivity contribution in [3.8, 4) is 0 Å². The molecule has 0 radical (unpaired) electrons. The molecule has 10 heteroatoms. The van der Waals surface area contributed by atoms with Gasteiger partial charge in [0.2, 0.25) is 10.0 Å². The zero-order valence-electron chi connectivity index (χ0n) is 17.6. The molecule has 0 bridgehead atoms. The molecule has 172 valence electrons. The first-order valence-electron chi connectivity index (χ1n) is 10.2. The van der Waals surface area contributed by atoms with Gasteiger partial charge in [0.1, 0.15) is 6.61 Å². The molecule has 1 fully saturated rings. The third-order valence-corrected chi connectivity index (χ3v) is 6.93. The lowest BCUT2D eigenvalue weighted by molar-refractivity contribution is 0.0964. The van der Waals surface area contributed by atoms with E-state index in [1.165, 1.54) is 25.2 Å². The lowest BCUT2D eigenvalue weighted by Crippen LogP contribution is -2.33. The molecule has 1 aliphatic rings. The monoisotopic (exact) mass is 479 g/mol. The van der Waals surface area contributed by atoms with Crippen LogP contribution >= 0.6 is 11.6 Å². The molecule has 1 saturated carbocycles. The first kappa shape index (κ1) is 23.9. The molecule has 8 nitrogen and oxygen atoms in total. The van der Waals surface area contributed by atoms with E-state index in [0.29, 0.717) is 24.3 Å². The van der Waals surface area contributed by atoms with Gasteiger partial charge < -0.3 is 15.4 Å². The van der Waals surface area contributed by atoms with E-state index in [4.69, 9.17) is 16.3 Å². The first-order valence-corrected chi connectivity index (χ1v) is 12.3. The lowest BCUT2D eigenvalue weighted by Gasteiger charge is -2.16. The molecule has 1 aliphatic carbocycles. The summed E-state index contributed by atoms with van der Waals surface area (Å²) in [5.74, 6) is -0.674. The van der Waals surface area contributed by atoms with Crippen LogP contribution in [0.25, 0.3) is 0 Å². The largest absolute Gasteiger partial charge is 0.445 e. The van der Waals surface area contributed by atoms with Crippen molar-refractivity contribution in [3.05, 3.63) is 64.7 Å². The Morgan fingerprint density at radius 2 is 1.88 bits per heavy atom. The van der Waals surface area contributed by atoms with E-state index in [2.05, 4.69) is 15.4 Å². The number of hydrogen-bond donors (Lipinski definition) is 3. The van der Waals surface area contributed by atoms with Crippen LogP contribution in [0.15, 0.2) is 48.5 Å². The average molecular weight is 480 g/mol. The number of benzene rings is 2. The van der Waals surface area contributed by atoms with Gasteiger partial charge in [0.25, 0.3) is 5.91 Å². The number of hydrogen-bond acceptors (Lipinski definition) is 5. The Balaban J connectivity index is 1.51. The Kier molecular flexibility index (Phi) is 7.98. The fourth-order valence-corrected chi connectivity index (χ4v) is 5.43. The summed E-state index contributed by atoms with van der Waals surface area (Å²) in [6.07, 6.45) is 1.35. The van der Waals surface area contributed by atoms with Crippen LogP contribution in [0.3, 0.4) is 0 Å². The van der Waals surface area contributed by atoms with E-state index in [1.807, 2.05) is 30.3 Å². The van der Waals surface area contributed by atoms with Gasteiger partial charge in [-0.15, -0.1) is 0 Å². The maximum Gasteiger partial charge on any atom is 0.407 e. The molecule has 2 amide bonds. The van der Waals surface area contributed by atoms with Crippen LogP contribution in [0.2, 0.25) is 5.02 Å². The van der Waals surface area contributed by atoms with Crippen LogP contribution in [0.1, 0.15) is 35.2 Å². The molecular formula is C22H26ClN3O5S. The highest BCUT2D eigenvalue weighted by Crippen LogP contribution is 2.28. The second-order valence-corrected chi connectivity index (χ2v) is 9.94. The summed E-state index contributed by atoms with van der Waals surface area (Å²) in [6, 6.07) is 13.6. The van der Waals surface area contributed by atoms with Crippen LogP contribution in [0.5, 0.6) is 0 Å². The molecule has 0 aliphatic heterocycles. The highest BCUT2D eigenvalue weighted by molar-refractivity contribution is 7.92. The Bertz CT molecular complexity index is 1060. The summed E-state index contributed by atoms with van der Waals surface area (Å²) in [4.78, 5) is 24.1. The van der Waals surface area contributed by atoms with Gasteiger partial charge in [-0.1, -0.05) is 41.9 Å². The number of rotatable bonds is 8. The predicted molar refractivity (Wildman–Crippen MR) is 123 cm³/mol. The Labute approximate surface area is 192 Å². The van der Waals surface area contributed by atoms with Crippen LogP contribution < -0.4 is 15.4 Å². The molecule has 0 spiro atoms. The van der Waals surface area contributed by atoms with Crippen molar-refractivity contribution in [1.29, 1.82) is 0 Å². The molecule has 3 N–H and O–H groups in total. The number of sulfonamides is 1. The molecule has 32 heavy (non-hydrogen) atoms. The minimum absolute atomic E-state index is 0.111. The molecule has 2 aromatic rings. The third-order valence-electron chi connectivity index (χ3n) is 5.25. The first-order chi connectivity index (χ1) is 15.3. The van der Waals surface area contributed by atoms with Crippen molar-refractivity contribution in [2.24, 2.45) is 5.92 Å². The molecule has 0 aromatic heterocycles. The van der Waals surface area contributed by atoms with E-state index < -0.39 is 22.0 Å². The molecule has 2 aromatic carbocycles. The number of alkyl carbamates (subject to hydrolysis) is 1. The van der Waals surface area contributed by atoms with Gasteiger partial charge in [0.05, 0.1) is 17.0 Å². The highest BCUT2D eigenvalue weighted by Gasteiger charge is 2.30. The second kappa shape index (κ2) is 10.7. The Hall–Kier alpha value is -2.78. The number of halogens is 1. The fourth-order valence-electron chi connectivity index (χ4n) is 3.74. The summed E-state index contributed by atoms with van der Waals surface area (Å²) < 4.78 is 33.1. The predicted octanol–water partition coefficient (Wildman–Crippen LogP) is 3.54. The quantitative estimate of drug-likeness (QED) is 0.536. The summed E-state index contributed by atoms with van der Waals surface area (Å²) in [5.41, 5.74) is 1.21. The highest BCUT2D eigenvalue weighted by atomic mass is 35.5. The van der Waals surface area contributed by atoms with E-state index in [-0.39, 0.29) is 35.6 Å². The van der Waals surface area contributed by atoms with Gasteiger partial charge in [-0.2, -0.15) is 0 Å². The molecule has 0 heterocycles. The summed E-state index contributed by atoms with van der Waals surface area (Å²) in [6.45, 7) is 0.176. The lowest BCUT2D eigenvalue weighted by atomic mass is 10.1. The number of nitrogens with one attached hydrogen (secondary N) is 3. The molecular weight excluding hydrogens is 454 g/mol. The summed E-state index contributed by atoms with van der Waals surface area (Å²) in [5, 5.41) is 5.61. The fraction of sp³-hybridized carbons (Fsp3) is 0.364. The average Bonchev–Trinajstić information content (AvgIpc) is 3.19. The van der Waals surface area contributed by atoms with Crippen LogP contribution in [-0.4, -0.2) is 39.3 Å². The number of anilines is 1. The number of carbonyl (C=O) groups is 2. The van der Waals surface area contributed by atoms with Crippen molar-refractivity contribution in [2.45, 2.75) is 31.9 Å². The molecule has 3 rings (SSSR count). The number of ether oxygens (including phenoxy) is 1. The van der Waals surface area contributed by atoms with E-state index in [9.17, 15) is 18.0 Å². The van der Waals surface area contributed by atoms with Crippen molar-refractivity contribution in [3.63, 3.8) is 0 Å². The molecule has 0 unspecified atom stereocenters.